The Labute approximate surface area is 150 Å². The first-order chi connectivity index (χ1) is 12.4. The second-order valence-electron chi connectivity index (χ2n) is 5.57. The van der Waals surface area contributed by atoms with Crippen molar-refractivity contribution in [1.82, 2.24) is 16.0 Å². The molecule has 2 amide bonds. The molecule has 0 saturated carbocycles. The van der Waals surface area contributed by atoms with Gasteiger partial charge in [-0.1, -0.05) is 18.2 Å². The second kappa shape index (κ2) is 11.6. The van der Waals surface area contributed by atoms with Gasteiger partial charge in [0.2, 0.25) is 5.91 Å². The minimum atomic E-state index is -1.16. The van der Waals surface area contributed by atoms with Crippen molar-refractivity contribution in [2.45, 2.75) is 25.3 Å². The maximum Gasteiger partial charge on any atom is 0.326 e. The molecule has 0 aliphatic heterocycles. The van der Waals surface area contributed by atoms with Crippen molar-refractivity contribution in [3.8, 4) is 0 Å². The minimum absolute atomic E-state index is 0.153. The molecular formula is C17H23N3O6. The molecule has 9 nitrogen and oxygen atoms in total. The molecule has 0 heterocycles. The maximum atomic E-state index is 11.8. The molecule has 0 radical (unpaired) electrons. The van der Waals surface area contributed by atoms with Crippen molar-refractivity contribution in [3.63, 3.8) is 0 Å². The van der Waals surface area contributed by atoms with Gasteiger partial charge in [-0.25, -0.2) is 4.79 Å². The summed E-state index contributed by atoms with van der Waals surface area (Å²) in [5.74, 6) is -3.13. The average molecular weight is 365 g/mol. The molecule has 0 bridgehead atoms. The first-order valence-corrected chi connectivity index (χ1v) is 8.18. The molecule has 9 heteroatoms. The van der Waals surface area contributed by atoms with Crippen LogP contribution >= 0.6 is 0 Å². The van der Waals surface area contributed by atoms with E-state index in [4.69, 9.17) is 10.2 Å². The summed E-state index contributed by atoms with van der Waals surface area (Å²) in [6.07, 6.45) is 1.29. The standard InChI is InChI=1S/C17H23N3O6/c21-14(10-19-16(24)12-6-2-1-3-7-12)20-13(17(25)26)8-4-5-9-18-11-15(22)23/h1-3,6-7,13,18H,4-5,8-11H2,(H,19,24)(H,20,21)(H,22,23)(H,25,26)/t13-/m0/s1. The summed E-state index contributed by atoms with van der Waals surface area (Å²) in [7, 11) is 0. The molecule has 1 rings (SSSR count). The van der Waals surface area contributed by atoms with Gasteiger partial charge in [-0.2, -0.15) is 0 Å². The SMILES string of the molecule is O=C(O)CNCCCC[C@H](NC(=O)CNC(=O)c1ccccc1)C(=O)O. The molecule has 0 saturated heterocycles. The normalized spacial score (nSPS) is 11.4. The third-order valence-corrected chi connectivity index (χ3v) is 3.45. The van der Waals surface area contributed by atoms with E-state index >= 15 is 0 Å². The number of carboxylic acids is 2. The molecule has 1 aromatic rings. The van der Waals surface area contributed by atoms with Crippen molar-refractivity contribution < 1.29 is 29.4 Å². The number of unbranched alkanes of at least 4 members (excludes halogenated alkanes) is 1. The van der Waals surface area contributed by atoms with Gasteiger partial charge < -0.3 is 26.2 Å². The van der Waals surface area contributed by atoms with E-state index in [1.165, 1.54) is 0 Å². The van der Waals surface area contributed by atoms with Gasteiger partial charge in [-0.15, -0.1) is 0 Å². The van der Waals surface area contributed by atoms with Crippen LogP contribution in [0, 0.1) is 0 Å². The zero-order chi connectivity index (χ0) is 19.4. The predicted octanol–water partition coefficient (Wildman–Crippen LogP) is -0.170. The summed E-state index contributed by atoms with van der Waals surface area (Å²) < 4.78 is 0. The number of benzene rings is 1. The number of amides is 2. The van der Waals surface area contributed by atoms with Gasteiger partial charge >= 0.3 is 11.9 Å². The summed E-state index contributed by atoms with van der Waals surface area (Å²) in [5, 5.41) is 25.1. The molecule has 0 fully saturated rings. The Bertz CT molecular complexity index is 620. The summed E-state index contributed by atoms with van der Waals surface area (Å²) in [6.45, 7) is -0.0302. The third kappa shape index (κ3) is 8.78. The Morgan fingerprint density at radius 2 is 1.65 bits per heavy atom. The van der Waals surface area contributed by atoms with Crippen molar-refractivity contribution in [2.24, 2.45) is 0 Å². The van der Waals surface area contributed by atoms with Gasteiger partial charge in [0, 0.05) is 5.56 Å². The first-order valence-electron chi connectivity index (χ1n) is 8.18. The Kier molecular flexibility index (Phi) is 9.40. The lowest BCUT2D eigenvalue weighted by Gasteiger charge is -2.15. The lowest BCUT2D eigenvalue weighted by molar-refractivity contribution is -0.141. The van der Waals surface area contributed by atoms with Crippen molar-refractivity contribution >= 4 is 23.8 Å². The van der Waals surface area contributed by atoms with Crippen LogP contribution < -0.4 is 16.0 Å². The number of nitrogens with one attached hydrogen (secondary N) is 3. The minimum Gasteiger partial charge on any atom is -0.480 e. The Balaban J connectivity index is 2.30. The van der Waals surface area contributed by atoms with E-state index in [9.17, 15) is 19.2 Å². The van der Waals surface area contributed by atoms with Gasteiger partial charge in [-0.3, -0.25) is 14.4 Å². The van der Waals surface area contributed by atoms with Crippen molar-refractivity contribution in [3.05, 3.63) is 35.9 Å². The van der Waals surface area contributed by atoms with Crippen molar-refractivity contribution in [1.29, 1.82) is 0 Å². The van der Waals surface area contributed by atoms with E-state index in [1.807, 2.05) is 0 Å². The van der Waals surface area contributed by atoms with Gasteiger partial charge in [0.15, 0.2) is 0 Å². The predicted molar refractivity (Wildman–Crippen MR) is 92.7 cm³/mol. The van der Waals surface area contributed by atoms with E-state index in [0.717, 1.165) is 0 Å². The second-order valence-corrected chi connectivity index (χ2v) is 5.57. The highest BCUT2D eigenvalue weighted by Crippen LogP contribution is 2.01. The van der Waals surface area contributed by atoms with Crippen LogP contribution in [0.2, 0.25) is 0 Å². The molecule has 26 heavy (non-hydrogen) atoms. The third-order valence-electron chi connectivity index (χ3n) is 3.45. The molecular weight excluding hydrogens is 342 g/mol. The van der Waals surface area contributed by atoms with Crippen LogP contribution in [0.5, 0.6) is 0 Å². The molecule has 1 aromatic carbocycles. The molecule has 1 atom stereocenters. The average Bonchev–Trinajstić information content (AvgIpc) is 2.61. The van der Waals surface area contributed by atoms with Crippen LogP contribution in [-0.2, 0) is 14.4 Å². The lowest BCUT2D eigenvalue weighted by atomic mass is 10.1. The molecule has 0 unspecified atom stereocenters. The fourth-order valence-electron chi connectivity index (χ4n) is 2.15. The monoisotopic (exact) mass is 365 g/mol. The van der Waals surface area contributed by atoms with Gasteiger partial charge in [0.1, 0.15) is 6.04 Å². The van der Waals surface area contributed by atoms with Gasteiger partial charge in [-0.05, 0) is 37.9 Å². The van der Waals surface area contributed by atoms with E-state index in [-0.39, 0.29) is 19.5 Å². The first kappa shape index (κ1) is 21.1. The van der Waals surface area contributed by atoms with Crippen LogP contribution in [0.25, 0.3) is 0 Å². The van der Waals surface area contributed by atoms with Crippen molar-refractivity contribution in [2.75, 3.05) is 19.6 Å². The highest BCUT2D eigenvalue weighted by atomic mass is 16.4. The lowest BCUT2D eigenvalue weighted by Crippen LogP contribution is -2.45. The van der Waals surface area contributed by atoms with Crippen LogP contribution in [-0.4, -0.2) is 59.6 Å². The number of hydrogen-bond acceptors (Lipinski definition) is 5. The summed E-state index contributed by atoms with van der Waals surface area (Å²) in [4.78, 5) is 45.2. The highest BCUT2D eigenvalue weighted by Gasteiger charge is 2.19. The van der Waals surface area contributed by atoms with E-state index < -0.39 is 29.8 Å². The van der Waals surface area contributed by atoms with Crippen LogP contribution in [0.3, 0.4) is 0 Å². The zero-order valence-corrected chi connectivity index (χ0v) is 14.2. The number of aliphatic carboxylic acids is 2. The Hall–Kier alpha value is -2.94. The fraction of sp³-hybridized carbons (Fsp3) is 0.412. The Morgan fingerprint density at radius 3 is 2.27 bits per heavy atom. The number of carboxylic acid groups (broad SMARTS) is 2. The topological polar surface area (TPSA) is 145 Å². The molecule has 0 aliphatic carbocycles. The Morgan fingerprint density at radius 1 is 0.962 bits per heavy atom. The number of rotatable bonds is 12. The number of hydrogen-bond donors (Lipinski definition) is 5. The molecule has 0 spiro atoms. The number of carbonyl (C=O) groups is 4. The fourth-order valence-corrected chi connectivity index (χ4v) is 2.15. The van der Waals surface area contributed by atoms with E-state index in [2.05, 4.69) is 16.0 Å². The number of carbonyl (C=O) groups excluding carboxylic acids is 2. The highest BCUT2D eigenvalue weighted by molar-refractivity contribution is 5.96. The maximum absolute atomic E-state index is 11.8. The summed E-state index contributed by atoms with van der Waals surface area (Å²) in [6, 6.07) is 7.30. The quantitative estimate of drug-likeness (QED) is 0.323. The molecule has 5 N–H and O–H groups in total. The van der Waals surface area contributed by atoms with Gasteiger partial charge in [0.05, 0.1) is 13.1 Å². The van der Waals surface area contributed by atoms with E-state index in [1.54, 1.807) is 30.3 Å². The molecule has 0 aliphatic rings. The smallest absolute Gasteiger partial charge is 0.326 e. The van der Waals surface area contributed by atoms with Crippen LogP contribution in [0.1, 0.15) is 29.6 Å². The van der Waals surface area contributed by atoms with Crippen LogP contribution in [0.15, 0.2) is 30.3 Å². The molecule has 0 aromatic heterocycles. The molecule has 142 valence electrons. The van der Waals surface area contributed by atoms with E-state index in [0.29, 0.717) is 24.9 Å². The zero-order valence-electron chi connectivity index (χ0n) is 14.2. The largest absolute Gasteiger partial charge is 0.480 e. The summed E-state index contributed by atoms with van der Waals surface area (Å²) in [5.41, 5.74) is 0.406. The van der Waals surface area contributed by atoms with Gasteiger partial charge in [0.25, 0.3) is 5.91 Å². The summed E-state index contributed by atoms with van der Waals surface area (Å²) >= 11 is 0. The van der Waals surface area contributed by atoms with Crippen LogP contribution in [0.4, 0.5) is 0 Å².